The summed E-state index contributed by atoms with van der Waals surface area (Å²) in [5, 5.41) is 3.83. The van der Waals surface area contributed by atoms with Crippen LogP contribution in [0, 0.1) is 6.92 Å². The summed E-state index contributed by atoms with van der Waals surface area (Å²) >= 11 is 1.41. The van der Waals surface area contributed by atoms with Gasteiger partial charge in [-0.1, -0.05) is 11.3 Å². The number of rotatable bonds is 3. The SMILES string of the molecule is Cc1nccc(Oc2ccc3c(c2)N(c2nc4c(s2)C(=O)NC(C)(C)C4)CCO3)n1. The number of aryl methyl sites for hydroxylation is 1. The lowest BCUT2D eigenvalue weighted by Crippen LogP contribution is -2.48. The van der Waals surface area contributed by atoms with E-state index in [0.29, 0.717) is 41.9 Å². The highest BCUT2D eigenvalue weighted by molar-refractivity contribution is 7.17. The molecule has 8 nitrogen and oxygen atoms in total. The predicted octanol–water partition coefficient (Wildman–Crippen LogP) is 3.63. The molecule has 2 aromatic heterocycles. The number of fused-ring (bicyclic) bond motifs is 2. The Hall–Kier alpha value is -3.20. The van der Waals surface area contributed by atoms with Crippen molar-refractivity contribution in [3.8, 4) is 17.4 Å². The van der Waals surface area contributed by atoms with Crippen LogP contribution in [0.15, 0.2) is 30.5 Å². The first-order chi connectivity index (χ1) is 14.4. The first kappa shape index (κ1) is 18.8. The predicted molar refractivity (Wildman–Crippen MR) is 113 cm³/mol. The van der Waals surface area contributed by atoms with Gasteiger partial charge in [0.15, 0.2) is 5.13 Å². The molecule has 3 aromatic rings. The van der Waals surface area contributed by atoms with E-state index < -0.39 is 0 Å². The van der Waals surface area contributed by atoms with Crippen molar-refractivity contribution in [2.24, 2.45) is 0 Å². The molecule has 0 bridgehead atoms. The molecule has 5 rings (SSSR count). The highest BCUT2D eigenvalue weighted by Crippen LogP contribution is 2.42. The molecule has 2 aliphatic heterocycles. The first-order valence-corrected chi connectivity index (χ1v) is 10.5. The van der Waals surface area contributed by atoms with Gasteiger partial charge < -0.3 is 19.7 Å². The Bertz CT molecular complexity index is 1140. The smallest absolute Gasteiger partial charge is 0.263 e. The van der Waals surface area contributed by atoms with Crippen LogP contribution in [-0.4, -0.2) is 39.5 Å². The van der Waals surface area contributed by atoms with Crippen LogP contribution in [0.2, 0.25) is 0 Å². The van der Waals surface area contributed by atoms with E-state index in [9.17, 15) is 4.79 Å². The summed E-state index contributed by atoms with van der Waals surface area (Å²) in [4.78, 5) is 28.5. The van der Waals surface area contributed by atoms with Crippen LogP contribution in [0.3, 0.4) is 0 Å². The van der Waals surface area contributed by atoms with Gasteiger partial charge in [0.2, 0.25) is 5.88 Å². The standard InChI is InChI=1S/C21H21N5O3S/c1-12-22-7-6-17(23-12)29-13-4-5-16-15(10-13)26(8-9-28-16)20-24-14-11-21(2,3)25-19(27)18(14)30-20/h4-7,10H,8-9,11H2,1-3H3,(H,25,27). The summed E-state index contributed by atoms with van der Waals surface area (Å²) in [6.45, 7) is 7.02. The third-order valence-electron chi connectivity index (χ3n) is 4.95. The van der Waals surface area contributed by atoms with Crippen molar-refractivity contribution in [1.82, 2.24) is 20.3 Å². The van der Waals surface area contributed by atoms with Gasteiger partial charge in [0, 0.05) is 30.3 Å². The van der Waals surface area contributed by atoms with Crippen LogP contribution in [0.5, 0.6) is 17.4 Å². The molecule has 0 saturated heterocycles. The van der Waals surface area contributed by atoms with Gasteiger partial charge in [-0.15, -0.1) is 0 Å². The van der Waals surface area contributed by atoms with Crippen molar-refractivity contribution in [1.29, 1.82) is 0 Å². The third-order valence-corrected chi connectivity index (χ3v) is 6.07. The van der Waals surface area contributed by atoms with Crippen LogP contribution in [0.1, 0.15) is 35.0 Å². The molecule has 154 valence electrons. The molecule has 0 aliphatic carbocycles. The van der Waals surface area contributed by atoms with E-state index in [1.165, 1.54) is 11.3 Å². The minimum atomic E-state index is -0.297. The maximum atomic E-state index is 12.5. The van der Waals surface area contributed by atoms with Crippen molar-refractivity contribution in [2.75, 3.05) is 18.1 Å². The molecule has 0 atom stereocenters. The zero-order chi connectivity index (χ0) is 20.9. The number of hydrogen-bond acceptors (Lipinski definition) is 8. The maximum absolute atomic E-state index is 12.5. The number of hydrogen-bond donors (Lipinski definition) is 1. The third kappa shape index (κ3) is 3.45. The lowest BCUT2D eigenvalue weighted by molar-refractivity contribution is 0.0901. The van der Waals surface area contributed by atoms with Gasteiger partial charge in [-0.2, -0.15) is 4.98 Å². The number of aromatic nitrogens is 3. The number of nitrogens with zero attached hydrogens (tertiary/aromatic N) is 4. The Labute approximate surface area is 177 Å². The van der Waals surface area contributed by atoms with E-state index in [4.69, 9.17) is 14.5 Å². The minimum Gasteiger partial charge on any atom is -0.490 e. The van der Waals surface area contributed by atoms with Crippen LogP contribution in [-0.2, 0) is 6.42 Å². The number of ether oxygens (including phenoxy) is 2. The fourth-order valence-electron chi connectivity index (χ4n) is 3.65. The van der Waals surface area contributed by atoms with E-state index in [2.05, 4.69) is 20.2 Å². The molecule has 0 fully saturated rings. The number of thiazole rings is 1. The first-order valence-electron chi connectivity index (χ1n) is 9.72. The summed E-state index contributed by atoms with van der Waals surface area (Å²) < 4.78 is 11.8. The van der Waals surface area contributed by atoms with Crippen molar-refractivity contribution in [2.45, 2.75) is 32.7 Å². The van der Waals surface area contributed by atoms with E-state index in [1.54, 1.807) is 12.3 Å². The number of benzene rings is 1. The largest absolute Gasteiger partial charge is 0.490 e. The van der Waals surface area contributed by atoms with Crippen molar-refractivity contribution >= 4 is 28.1 Å². The minimum absolute atomic E-state index is 0.0605. The Kier molecular flexibility index (Phi) is 4.35. The fraction of sp³-hybridized carbons (Fsp3) is 0.333. The highest BCUT2D eigenvalue weighted by atomic mass is 32.1. The van der Waals surface area contributed by atoms with Crippen molar-refractivity contribution < 1.29 is 14.3 Å². The molecule has 4 heterocycles. The zero-order valence-electron chi connectivity index (χ0n) is 16.9. The normalized spacial score (nSPS) is 16.9. The summed E-state index contributed by atoms with van der Waals surface area (Å²) in [6.07, 6.45) is 2.37. The van der Waals surface area contributed by atoms with E-state index >= 15 is 0 Å². The zero-order valence-corrected chi connectivity index (χ0v) is 17.7. The number of anilines is 2. The molecule has 9 heteroatoms. The van der Waals surface area contributed by atoms with Crippen LogP contribution in [0.4, 0.5) is 10.8 Å². The van der Waals surface area contributed by atoms with E-state index in [1.807, 2.05) is 39.0 Å². The quantitative estimate of drug-likeness (QED) is 0.688. The van der Waals surface area contributed by atoms with E-state index in [-0.39, 0.29) is 11.4 Å². The molecule has 0 unspecified atom stereocenters. The summed E-state index contributed by atoms with van der Waals surface area (Å²) in [5.41, 5.74) is 1.41. The maximum Gasteiger partial charge on any atom is 0.263 e. The second-order valence-electron chi connectivity index (χ2n) is 7.96. The average molecular weight is 423 g/mol. The van der Waals surface area contributed by atoms with E-state index in [0.717, 1.165) is 22.3 Å². The Morgan fingerprint density at radius 1 is 1.27 bits per heavy atom. The summed E-state index contributed by atoms with van der Waals surface area (Å²) in [5.74, 6) is 2.46. The Morgan fingerprint density at radius 3 is 2.97 bits per heavy atom. The van der Waals surface area contributed by atoms with Gasteiger partial charge >= 0.3 is 0 Å². The molecule has 1 aromatic carbocycles. The molecule has 1 amide bonds. The van der Waals surface area contributed by atoms with Crippen LogP contribution < -0.4 is 19.7 Å². The van der Waals surface area contributed by atoms with Gasteiger partial charge in [0.25, 0.3) is 5.91 Å². The van der Waals surface area contributed by atoms with Gasteiger partial charge in [-0.05, 0) is 32.9 Å². The fourth-order valence-corrected chi connectivity index (χ4v) is 4.67. The molecule has 0 saturated carbocycles. The molecule has 1 N–H and O–H groups in total. The van der Waals surface area contributed by atoms with Gasteiger partial charge in [0.05, 0.1) is 17.9 Å². The van der Waals surface area contributed by atoms with Crippen molar-refractivity contribution in [3.63, 3.8) is 0 Å². The average Bonchev–Trinajstić information content (AvgIpc) is 3.10. The Morgan fingerprint density at radius 2 is 2.13 bits per heavy atom. The van der Waals surface area contributed by atoms with Gasteiger partial charge in [0.1, 0.15) is 28.8 Å². The molecule has 30 heavy (non-hydrogen) atoms. The molecule has 2 aliphatic rings. The topological polar surface area (TPSA) is 89.5 Å². The second-order valence-corrected chi connectivity index (χ2v) is 8.94. The van der Waals surface area contributed by atoms with Crippen LogP contribution >= 0.6 is 11.3 Å². The van der Waals surface area contributed by atoms with Crippen LogP contribution in [0.25, 0.3) is 0 Å². The molecule has 0 radical (unpaired) electrons. The lowest BCUT2D eigenvalue weighted by Gasteiger charge is -2.29. The monoisotopic (exact) mass is 423 g/mol. The Balaban J connectivity index is 1.49. The van der Waals surface area contributed by atoms with Gasteiger partial charge in [-0.25, -0.2) is 9.97 Å². The number of nitrogens with one attached hydrogen (secondary N) is 1. The second kappa shape index (κ2) is 6.94. The summed E-state index contributed by atoms with van der Waals surface area (Å²) in [6, 6.07) is 7.36. The number of carbonyl (C=O) groups is 1. The number of carbonyl (C=O) groups excluding carboxylic acids is 1. The molecular weight excluding hydrogens is 402 g/mol. The van der Waals surface area contributed by atoms with Crippen molar-refractivity contribution in [3.05, 3.63) is 46.9 Å². The highest BCUT2D eigenvalue weighted by Gasteiger charge is 2.34. The summed E-state index contributed by atoms with van der Waals surface area (Å²) in [7, 11) is 0. The molecular formula is C21H21N5O3S. The number of amides is 1. The lowest BCUT2D eigenvalue weighted by atomic mass is 9.94. The van der Waals surface area contributed by atoms with Gasteiger partial charge in [-0.3, -0.25) is 4.79 Å². The molecule has 0 spiro atoms.